The summed E-state index contributed by atoms with van der Waals surface area (Å²) >= 11 is 6.08. The summed E-state index contributed by atoms with van der Waals surface area (Å²) in [6.45, 7) is 4.88. The van der Waals surface area contributed by atoms with Gasteiger partial charge in [0.2, 0.25) is 0 Å². The van der Waals surface area contributed by atoms with Crippen LogP contribution in [0.3, 0.4) is 0 Å². The first-order valence-corrected chi connectivity index (χ1v) is 10.6. The molecule has 1 N–H and O–H groups in total. The summed E-state index contributed by atoms with van der Waals surface area (Å²) in [6, 6.07) is 13.7. The molecule has 1 unspecified atom stereocenters. The van der Waals surface area contributed by atoms with Gasteiger partial charge in [0, 0.05) is 24.7 Å². The zero-order chi connectivity index (χ0) is 21.8. The molecule has 1 aliphatic heterocycles. The van der Waals surface area contributed by atoms with Crippen molar-refractivity contribution in [3.8, 4) is 5.69 Å². The minimum absolute atomic E-state index is 0.146. The largest absolute Gasteiger partial charge is 0.379 e. The number of hydrogen-bond acceptors (Lipinski definition) is 4. The Morgan fingerprint density at radius 3 is 2.74 bits per heavy atom. The number of benzene rings is 2. The number of morpholine rings is 1. The van der Waals surface area contributed by atoms with Gasteiger partial charge in [-0.1, -0.05) is 29.8 Å². The van der Waals surface area contributed by atoms with Crippen molar-refractivity contribution in [1.29, 1.82) is 0 Å². The molecule has 0 bridgehead atoms. The normalized spacial score (nSPS) is 15.6. The van der Waals surface area contributed by atoms with Gasteiger partial charge in [-0.15, -0.1) is 0 Å². The number of carbonyl (C=O) groups excluding carboxylic acids is 1. The van der Waals surface area contributed by atoms with Crippen LogP contribution in [0.1, 0.15) is 27.7 Å². The second-order valence-electron chi connectivity index (χ2n) is 7.46. The number of ether oxygens (including phenoxy) is 1. The molecule has 1 fully saturated rings. The molecule has 0 saturated carbocycles. The molecule has 0 spiro atoms. The molecule has 3 aromatic rings. The lowest BCUT2D eigenvalue weighted by molar-refractivity contribution is 0.0162. The molecule has 4 rings (SSSR count). The Kier molecular flexibility index (Phi) is 6.65. The fourth-order valence-electron chi connectivity index (χ4n) is 3.85. The van der Waals surface area contributed by atoms with E-state index in [9.17, 15) is 9.18 Å². The number of rotatable bonds is 6. The van der Waals surface area contributed by atoms with E-state index in [1.165, 1.54) is 12.1 Å². The van der Waals surface area contributed by atoms with Gasteiger partial charge in [0.05, 0.1) is 42.4 Å². The maximum absolute atomic E-state index is 13.9. The molecule has 1 amide bonds. The number of carbonyl (C=O) groups is 1. The molecule has 162 valence electrons. The van der Waals surface area contributed by atoms with Crippen LogP contribution in [0.4, 0.5) is 4.39 Å². The highest BCUT2D eigenvalue weighted by molar-refractivity contribution is 6.30. The lowest BCUT2D eigenvalue weighted by atomic mass is 10.0. The Bertz CT molecular complexity index is 1070. The first-order valence-electron chi connectivity index (χ1n) is 10.2. The number of hydrogen-bond donors (Lipinski definition) is 1. The second kappa shape index (κ2) is 9.60. The van der Waals surface area contributed by atoms with Gasteiger partial charge in [-0.2, -0.15) is 5.10 Å². The van der Waals surface area contributed by atoms with Gasteiger partial charge < -0.3 is 10.1 Å². The Morgan fingerprint density at radius 1 is 1.23 bits per heavy atom. The van der Waals surface area contributed by atoms with E-state index in [4.69, 9.17) is 16.3 Å². The first kappa shape index (κ1) is 21.5. The number of halogens is 2. The molecule has 0 aliphatic carbocycles. The topological polar surface area (TPSA) is 59.4 Å². The second-order valence-corrected chi connectivity index (χ2v) is 7.90. The molecule has 6 nitrogen and oxygen atoms in total. The molecule has 0 radical (unpaired) electrons. The van der Waals surface area contributed by atoms with Crippen LogP contribution in [-0.4, -0.2) is 53.4 Å². The van der Waals surface area contributed by atoms with Crippen molar-refractivity contribution in [2.45, 2.75) is 13.0 Å². The van der Waals surface area contributed by atoms with Crippen molar-refractivity contribution in [2.24, 2.45) is 0 Å². The standard InChI is InChI=1S/C23H24ClFN4O2/c1-16-21(14-27-29(16)20-7-3-5-18(24)13-20)23(30)26-15-22(28-8-10-31-11-9-28)17-4-2-6-19(25)12-17/h2-7,12-14,22H,8-11,15H2,1H3,(H,26,30). The van der Waals surface area contributed by atoms with E-state index in [-0.39, 0.29) is 17.8 Å². The zero-order valence-electron chi connectivity index (χ0n) is 17.2. The Hall–Kier alpha value is -2.74. The average Bonchev–Trinajstić information content (AvgIpc) is 3.16. The highest BCUT2D eigenvalue weighted by atomic mass is 35.5. The summed E-state index contributed by atoms with van der Waals surface area (Å²) in [5, 5.41) is 7.96. The van der Waals surface area contributed by atoms with Crippen LogP contribution in [0, 0.1) is 12.7 Å². The monoisotopic (exact) mass is 442 g/mol. The lowest BCUT2D eigenvalue weighted by Crippen LogP contribution is -2.43. The maximum Gasteiger partial charge on any atom is 0.254 e. The van der Waals surface area contributed by atoms with E-state index in [0.717, 1.165) is 24.3 Å². The fourth-order valence-corrected chi connectivity index (χ4v) is 4.03. The molecule has 2 heterocycles. The van der Waals surface area contributed by atoms with Crippen molar-refractivity contribution in [2.75, 3.05) is 32.8 Å². The molecule has 1 atom stereocenters. The minimum atomic E-state index is -0.291. The van der Waals surface area contributed by atoms with Crippen molar-refractivity contribution >= 4 is 17.5 Å². The van der Waals surface area contributed by atoms with E-state index in [2.05, 4.69) is 15.3 Å². The predicted octanol–water partition coefficient (Wildman–Crippen LogP) is 3.78. The molecule has 31 heavy (non-hydrogen) atoms. The number of amides is 1. The van der Waals surface area contributed by atoms with Gasteiger partial charge in [-0.05, 0) is 42.8 Å². The highest BCUT2D eigenvalue weighted by Crippen LogP contribution is 2.23. The van der Waals surface area contributed by atoms with Gasteiger partial charge >= 0.3 is 0 Å². The third-order valence-corrected chi connectivity index (χ3v) is 5.72. The Morgan fingerprint density at radius 2 is 2.00 bits per heavy atom. The van der Waals surface area contributed by atoms with Crippen LogP contribution in [0.5, 0.6) is 0 Å². The quantitative estimate of drug-likeness (QED) is 0.631. The summed E-state index contributed by atoms with van der Waals surface area (Å²) in [5.74, 6) is -0.513. The van der Waals surface area contributed by atoms with Gasteiger partial charge in [-0.25, -0.2) is 9.07 Å². The van der Waals surface area contributed by atoms with Crippen molar-refractivity contribution in [3.63, 3.8) is 0 Å². The zero-order valence-corrected chi connectivity index (χ0v) is 18.0. The van der Waals surface area contributed by atoms with Crippen LogP contribution in [0.15, 0.2) is 54.7 Å². The van der Waals surface area contributed by atoms with E-state index in [1.54, 1.807) is 29.1 Å². The predicted molar refractivity (Wildman–Crippen MR) is 117 cm³/mol. The van der Waals surface area contributed by atoms with Crippen molar-refractivity contribution in [3.05, 3.63) is 82.4 Å². The highest BCUT2D eigenvalue weighted by Gasteiger charge is 2.24. The van der Waals surface area contributed by atoms with E-state index < -0.39 is 0 Å². The molecule has 1 aliphatic rings. The van der Waals surface area contributed by atoms with Crippen LogP contribution < -0.4 is 5.32 Å². The maximum atomic E-state index is 13.9. The average molecular weight is 443 g/mol. The molecule has 8 heteroatoms. The van der Waals surface area contributed by atoms with Gasteiger partial charge in [0.15, 0.2) is 0 Å². The third kappa shape index (κ3) is 4.95. The van der Waals surface area contributed by atoms with Gasteiger partial charge in [0.25, 0.3) is 5.91 Å². The number of aromatic nitrogens is 2. The molecule has 2 aromatic carbocycles. The number of nitrogens with one attached hydrogen (secondary N) is 1. The summed E-state index contributed by atoms with van der Waals surface area (Å²) in [4.78, 5) is 15.2. The number of nitrogens with zero attached hydrogens (tertiary/aromatic N) is 3. The first-order chi connectivity index (χ1) is 15.0. The molecule has 1 aromatic heterocycles. The summed E-state index contributed by atoms with van der Waals surface area (Å²) in [5.41, 5.74) is 2.82. The SMILES string of the molecule is Cc1c(C(=O)NCC(c2cccc(F)c2)N2CCOCC2)cnn1-c1cccc(Cl)c1. The van der Waals surface area contributed by atoms with E-state index in [1.807, 2.05) is 25.1 Å². The molecular formula is C23H24ClFN4O2. The minimum Gasteiger partial charge on any atom is -0.379 e. The van der Waals surface area contributed by atoms with E-state index in [0.29, 0.717) is 36.0 Å². The fraction of sp³-hybridized carbons (Fsp3) is 0.304. The molecule has 1 saturated heterocycles. The van der Waals surface area contributed by atoms with Crippen LogP contribution in [-0.2, 0) is 4.74 Å². The van der Waals surface area contributed by atoms with E-state index >= 15 is 0 Å². The Balaban J connectivity index is 1.51. The van der Waals surface area contributed by atoms with Gasteiger partial charge in [0.1, 0.15) is 5.82 Å². The summed E-state index contributed by atoms with van der Waals surface area (Å²) in [7, 11) is 0. The van der Waals surface area contributed by atoms with Crippen LogP contribution in [0.25, 0.3) is 5.69 Å². The van der Waals surface area contributed by atoms with Crippen LogP contribution >= 0.6 is 11.6 Å². The smallest absolute Gasteiger partial charge is 0.254 e. The lowest BCUT2D eigenvalue weighted by Gasteiger charge is -2.35. The summed E-state index contributed by atoms with van der Waals surface area (Å²) in [6.07, 6.45) is 1.55. The summed E-state index contributed by atoms with van der Waals surface area (Å²) < 4.78 is 21.0. The Labute approximate surface area is 185 Å². The van der Waals surface area contributed by atoms with Crippen molar-refractivity contribution < 1.29 is 13.9 Å². The van der Waals surface area contributed by atoms with Crippen LogP contribution in [0.2, 0.25) is 5.02 Å². The molecular weight excluding hydrogens is 419 g/mol. The third-order valence-electron chi connectivity index (χ3n) is 5.48. The van der Waals surface area contributed by atoms with Gasteiger partial charge in [-0.3, -0.25) is 9.69 Å². The van der Waals surface area contributed by atoms with Crippen molar-refractivity contribution in [1.82, 2.24) is 20.0 Å².